The summed E-state index contributed by atoms with van der Waals surface area (Å²) in [5, 5.41) is 3.20. The second-order valence-corrected chi connectivity index (χ2v) is 7.09. The van der Waals surface area contributed by atoms with Gasteiger partial charge < -0.3 is 15.1 Å². The molecule has 2 heterocycles. The maximum Gasteiger partial charge on any atom is 0.224 e. The van der Waals surface area contributed by atoms with E-state index in [9.17, 15) is 4.79 Å². The van der Waals surface area contributed by atoms with Crippen LogP contribution in [0, 0.1) is 11.8 Å². The van der Waals surface area contributed by atoms with E-state index in [1.54, 1.807) is 0 Å². The molecule has 1 aliphatic carbocycles. The van der Waals surface area contributed by atoms with Crippen LogP contribution in [0.15, 0.2) is 24.4 Å². The standard InChI is InChI=1S/C18H28N4O/c1-21(2)16(14-8-9-14)12-20-18(23)15-6-5-11-22(13-15)17-7-3-4-10-19-17/h3-4,7,10,14-16H,5-6,8-9,11-13H2,1-2H3,(H,20,23)/t15-,16+/m1/s1. The Morgan fingerprint density at radius 3 is 2.87 bits per heavy atom. The third-order valence-corrected chi connectivity index (χ3v) is 5.08. The highest BCUT2D eigenvalue weighted by molar-refractivity contribution is 5.79. The number of pyridine rings is 1. The van der Waals surface area contributed by atoms with E-state index in [0.29, 0.717) is 6.04 Å². The number of amides is 1. The Morgan fingerprint density at radius 1 is 1.39 bits per heavy atom. The van der Waals surface area contributed by atoms with E-state index in [1.807, 2.05) is 24.4 Å². The van der Waals surface area contributed by atoms with Gasteiger partial charge in [-0.25, -0.2) is 4.98 Å². The maximum atomic E-state index is 12.6. The number of nitrogens with one attached hydrogen (secondary N) is 1. The van der Waals surface area contributed by atoms with E-state index in [2.05, 4.69) is 34.2 Å². The van der Waals surface area contributed by atoms with Crippen LogP contribution in [0.5, 0.6) is 0 Å². The molecule has 1 aliphatic heterocycles. The van der Waals surface area contributed by atoms with Gasteiger partial charge in [-0.2, -0.15) is 0 Å². The zero-order valence-corrected chi connectivity index (χ0v) is 14.2. The van der Waals surface area contributed by atoms with Crippen LogP contribution in [-0.4, -0.2) is 55.6 Å². The predicted octanol–water partition coefficient (Wildman–Crippen LogP) is 1.75. The van der Waals surface area contributed by atoms with Gasteiger partial charge in [0.25, 0.3) is 0 Å². The van der Waals surface area contributed by atoms with Crippen molar-refractivity contribution < 1.29 is 4.79 Å². The fourth-order valence-corrected chi connectivity index (χ4v) is 3.54. The lowest BCUT2D eigenvalue weighted by molar-refractivity contribution is -0.125. The van der Waals surface area contributed by atoms with Gasteiger partial charge in [0.05, 0.1) is 5.92 Å². The molecule has 1 saturated heterocycles. The van der Waals surface area contributed by atoms with Gasteiger partial charge in [-0.15, -0.1) is 0 Å². The monoisotopic (exact) mass is 316 g/mol. The lowest BCUT2D eigenvalue weighted by Crippen LogP contribution is -2.47. The first kappa shape index (κ1) is 16.2. The van der Waals surface area contributed by atoms with Gasteiger partial charge in [-0.3, -0.25) is 4.79 Å². The minimum absolute atomic E-state index is 0.0766. The fourth-order valence-electron chi connectivity index (χ4n) is 3.54. The summed E-state index contributed by atoms with van der Waals surface area (Å²) < 4.78 is 0. The highest BCUT2D eigenvalue weighted by Gasteiger charge is 2.33. The average molecular weight is 316 g/mol. The SMILES string of the molecule is CN(C)[C@@H](CNC(=O)[C@@H]1CCCN(c2ccccn2)C1)C1CC1. The van der Waals surface area contributed by atoms with Crippen LogP contribution in [0.25, 0.3) is 0 Å². The van der Waals surface area contributed by atoms with Gasteiger partial charge in [0.15, 0.2) is 0 Å². The zero-order valence-electron chi connectivity index (χ0n) is 14.2. The lowest BCUT2D eigenvalue weighted by Gasteiger charge is -2.33. The predicted molar refractivity (Wildman–Crippen MR) is 92.4 cm³/mol. The molecule has 5 nitrogen and oxygen atoms in total. The number of rotatable bonds is 6. The number of piperidine rings is 1. The molecular weight excluding hydrogens is 288 g/mol. The van der Waals surface area contributed by atoms with E-state index in [0.717, 1.165) is 44.2 Å². The molecule has 23 heavy (non-hydrogen) atoms. The number of hydrogen-bond acceptors (Lipinski definition) is 4. The molecule has 126 valence electrons. The molecule has 2 fully saturated rings. The summed E-state index contributed by atoms with van der Waals surface area (Å²) in [5.74, 6) is 2.03. The summed E-state index contributed by atoms with van der Waals surface area (Å²) in [6.07, 6.45) is 6.45. The van der Waals surface area contributed by atoms with Crippen molar-refractivity contribution in [1.29, 1.82) is 0 Å². The largest absolute Gasteiger partial charge is 0.356 e. The Kier molecular flexibility index (Phi) is 5.16. The topological polar surface area (TPSA) is 48.5 Å². The van der Waals surface area contributed by atoms with Crippen molar-refractivity contribution in [3.63, 3.8) is 0 Å². The van der Waals surface area contributed by atoms with Crippen LogP contribution in [0.2, 0.25) is 0 Å². The van der Waals surface area contributed by atoms with Gasteiger partial charge in [-0.05, 0) is 57.8 Å². The molecule has 1 aromatic heterocycles. The van der Waals surface area contributed by atoms with Crippen LogP contribution < -0.4 is 10.2 Å². The van der Waals surface area contributed by atoms with Crippen LogP contribution >= 0.6 is 0 Å². The average Bonchev–Trinajstić information content (AvgIpc) is 3.40. The number of aromatic nitrogens is 1. The fraction of sp³-hybridized carbons (Fsp3) is 0.667. The Bertz CT molecular complexity index is 513. The molecule has 1 aromatic rings. The van der Waals surface area contributed by atoms with Crippen molar-refractivity contribution in [3.05, 3.63) is 24.4 Å². The molecule has 2 atom stereocenters. The summed E-state index contributed by atoms with van der Waals surface area (Å²) >= 11 is 0. The van der Waals surface area contributed by atoms with Crippen LogP contribution in [0.1, 0.15) is 25.7 Å². The molecule has 1 saturated carbocycles. The zero-order chi connectivity index (χ0) is 16.2. The summed E-state index contributed by atoms with van der Waals surface area (Å²) in [4.78, 5) is 21.5. The highest BCUT2D eigenvalue weighted by Crippen LogP contribution is 2.34. The van der Waals surface area contributed by atoms with Crippen LogP contribution in [-0.2, 0) is 4.79 Å². The summed E-state index contributed by atoms with van der Waals surface area (Å²) in [5.41, 5.74) is 0. The van der Waals surface area contributed by atoms with E-state index in [-0.39, 0.29) is 11.8 Å². The van der Waals surface area contributed by atoms with Crippen molar-refractivity contribution in [2.24, 2.45) is 11.8 Å². The molecule has 1 amide bonds. The number of nitrogens with zero attached hydrogens (tertiary/aromatic N) is 3. The Balaban J connectivity index is 1.52. The molecule has 0 aromatic carbocycles. The second kappa shape index (κ2) is 7.30. The summed E-state index contributed by atoms with van der Waals surface area (Å²) in [6, 6.07) is 6.44. The number of hydrogen-bond donors (Lipinski definition) is 1. The quantitative estimate of drug-likeness (QED) is 0.869. The number of anilines is 1. The summed E-state index contributed by atoms with van der Waals surface area (Å²) in [7, 11) is 4.22. The second-order valence-electron chi connectivity index (χ2n) is 7.09. The third kappa shape index (κ3) is 4.22. The molecule has 3 rings (SSSR count). The molecule has 0 radical (unpaired) electrons. The van der Waals surface area contributed by atoms with E-state index in [1.165, 1.54) is 12.8 Å². The molecule has 0 spiro atoms. The Labute approximate surface area is 139 Å². The molecule has 2 aliphatic rings. The highest BCUT2D eigenvalue weighted by atomic mass is 16.1. The van der Waals surface area contributed by atoms with Crippen LogP contribution in [0.3, 0.4) is 0 Å². The van der Waals surface area contributed by atoms with Gasteiger partial charge >= 0.3 is 0 Å². The molecule has 0 unspecified atom stereocenters. The maximum absolute atomic E-state index is 12.6. The lowest BCUT2D eigenvalue weighted by atomic mass is 9.97. The minimum Gasteiger partial charge on any atom is -0.356 e. The first-order valence-corrected chi connectivity index (χ1v) is 8.75. The number of carbonyl (C=O) groups is 1. The van der Waals surface area contributed by atoms with Gasteiger partial charge in [0.1, 0.15) is 5.82 Å². The van der Waals surface area contributed by atoms with Crippen molar-refractivity contribution in [1.82, 2.24) is 15.2 Å². The van der Waals surface area contributed by atoms with Crippen LogP contribution in [0.4, 0.5) is 5.82 Å². The van der Waals surface area contributed by atoms with Crippen molar-refractivity contribution in [3.8, 4) is 0 Å². The third-order valence-electron chi connectivity index (χ3n) is 5.08. The smallest absolute Gasteiger partial charge is 0.224 e. The van der Waals surface area contributed by atoms with Crippen molar-refractivity contribution in [2.75, 3.05) is 38.6 Å². The van der Waals surface area contributed by atoms with E-state index in [4.69, 9.17) is 0 Å². The van der Waals surface area contributed by atoms with Gasteiger partial charge in [-0.1, -0.05) is 6.07 Å². The summed E-state index contributed by atoms with van der Waals surface area (Å²) in [6.45, 7) is 2.54. The first-order chi connectivity index (χ1) is 11.1. The number of carbonyl (C=O) groups excluding carboxylic acids is 1. The molecular formula is C18H28N4O. The van der Waals surface area contributed by atoms with Gasteiger partial charge in [0, 0.05) is 31.9 Å². The normalized spacial score (nSPS) is 22.9. The number of likely N-dealkylation sites (N-methyl/N-ethyl adjacent to an activating group) is 1. The Morgan fingerprint density at radius 2 is 2.22 bits per heavy atom. The first-order valence-electron chi connectivity index (χ1n) is 8.75. The van der Waals surface area contributed by atoms with Crippen molar-refractivity contribution >= 4 is 11.7 Å². The van der Waals surface area contributed by atoms with Gasteiger partial charge in [0.2, 0.25) is 5.91 Å². The minimum atomic E-state index is 0.0766. The van der Waals surface area contributed by atoms with E-state index < -0.39 is 0 Å². The molecule has 5 heteroatoms. The Hall–Kier alpha value is -1.62. The molecule has 1 N–H and O–H groups in total. The molecule has 0 bridgehead atoms. The van der Waals surface area contributed by atoms with E-state index >= 15 is 0 Å². The van der Waals surface area contributed by atoms with Crippen molar-refractivity contribution in [2.45, 2.75) is 31.7 Å².